The Labute approximate surface area is 154 Å². The predicted octanol–water partition coefficient (Wildman–Crippen LogP) is 5.05. The van der Waals surface area contributed by atoms with Gasteiger partial charge in [-0.15, -0.1) is 0 Å². The van der Waals surface area contributed by atoms with Gasteiger partial charge >= 0.3 is 0 Å². The second-order valence-electron chi connectivity index (χ2n) is 5.95. The zero-order valence-electron chi connectivity index (χ0n) is 13.0. The summed E-state index contributed by atoms with van der Waals surface area (Å²) in [7, 11) is 0. The Morgan fingerprint density at radius 3 is 3.00 bits per heavy atom. The first-order valence-electron chi connectivity index (χ1n) is 7.86. The monoisotopic (exact) mass is 402 g/mol. The number of aromatic nitrogens is 1. The molecule has 5 heteroatoms. The third-order valence-corrected chi connectivity index (χ3v) is 5.07. The van der Waals surface area contributed by atoms with Gasteiger partial charge < -0.3 is 4.74 Å². The molecule has 2 aromatic carbocycles. The summed E-state index contributed by atoms with van der Waals surface area (Å²) >= 11 is 9.93. The van der Waals surface area contributed by atoms with Crippen LogP contribution in [0.15, 0.2) is 53.1 Å². The Hall–Kier alpha value is -1.62. The highest BCUT2D eigenvalue weighted by molar-refractivity contribution is 9.10. The molecule has 1 aromatic heterocycles. The molecule has 0 amide bonds. The van der Waals surface area contributed by atoms with Crippen molar-refractivity contribution in [3.05, 3.63) is 69.3 Å². The molecule has 0 fully saturated rings. The summed E-state index contributed by atoms with van der Waals surface area (Å²) in [5, 5.41) is 1.68. The maximum Gasteiger partial charge on any atom is 0.152 e. The third-order valence-electron chi connectivity index (χ3n) is 4.26. The van der Waals surface area contributed by atoms with Crippen molar-refractivity contribution in [2.75, 3.05) is 13.3 Å². The van der Waals surface area contributed by atoms with Crippen LogP contribution >= 0.6 is 27.5 Å². The summed E-state index contributed by atoms with van der Waals surface area (Å²) in [6.45, 7) is 2.34. The smallest absolute Gasteiger partial charge is 0.152 e. The van der Waals surface area contributed by atoms with Crippen molar-refractivity contribution >= 4 is 38.4 Å². The standard InChI is InChI=1S/C19H16BrClN2O/c20-15-4-1-3-13(9-15)6-8-23-11-14-10-17(21)16-5-2-7-22-18(16)19(14)24-12-23/h1-5,7,9-10H,6,8,11-12H2. The second kappa shape index (κ2) is 6.71. The fourth-order valence-electron chi connectivity index (χ4n) is 3.07. The number of pyridine rings is 1. The van der Waals surface area contributed by atoms with Crippen LogP contribution in [0.4, 0.5) is 0 Å². The molecule has 122 valence electrons. The minimum Gasteiger partial charge on any atom is -0.475 e. The molecule has 3 nitrogen and oxygen atoms in total. The van der Waals surface area contributed by atoms with E-state index in [0.717, 1.165) is 51.2 Å². The van der Waals surface area contributed by atoms with E-state index in [9.17, 15) is 0 Å². The number of hydrogen-bond donors (Lipinski definition) is 0. The summed E-state index contributed by atoms with van der Waals surface area (Å²) in [5.74, 6) is 0.869. The molecule has 0 unspecified atom stereocenters. The van der Waals surface area contributed by atoms with E-state index in [4.69, 9.17) is 16.3 Å². The van der Waals surface area contributed by atoms with E-state index < -0.39 is 0 Å². The Morgan fingerprint density at radius 2 is 2.12 bits per heavy atom. The second-order valence-corrected chi connectivity index (χ2v) is 7.27. The van der Waals surface area contributed by atoms with E-state index in [1.54, 1.807) is 6.20 Å². The maximum absolute atomic E-state index is 6.41. The number of halogens is 2. The lowest BCUT2D eigenvalue weighted by atomic mass is 10.1. The molecule has 0 spiro atoms. The van der Waals surface area contributed by atoms with Crippen molar-refractivity contribution in [2.24, 2.45) is 0 Å². The van der Waals surface area contributed by atoms with Gasteiger partial charge in [0.05, 0.1) is 5.02 Å². The number of hydrogen-bond acceptors (Lipinski definition) is 3. The van der Waals surface area contributed by atoms with Crippen LogP contribution in [-0.4, -0.2) is 23.2 Å². The first-order chi connectivity index (χ1) is 11.7. The number of rotatable bonds is 3. The lowest BCUT2D eigenvalue weighted by molar-refractivity contribution is 0.0980. The van der Waals surface area contributed by atoms with Crippen molar-refractivity contribution in [3.8, 4) is 5.75 Å². The van der Waals surface area contributed by atoms with Gasteiger partial charge in [0.15, 0.2) is 5.75 Å². The molecule has 0 atom stereocenters. The van der Waals surface area contributed by atoms with E-state index in [0.29, 0.717) is 6.73 Å². The molecule has 0 saturated heterocycles. The van der Waals surface area contributed by atoms with Gasteiger partial charge in [0, 0.05) is 34.7 Å². The quantitative estimate of drug-likeness (QED) is 0.612. The highest BCUT2D eigenvalue weighted by atomic mass is 79.9. The van der Waals surface area contributed by atoms with Crippen molar-refractivity contribution < 1.29 is 4.74 Å². The number of benzene rings is 2. The Balaban J connectivity index is 1.53. The van der Waals surface area contributed by atoms with Crippen molar-refractivity contribution in [3.63, 3.8) is 0 Å². The fourth-order valence-corrected chi connectivity index (χ4v) is 3.80. The Bertz CT molecular complexity index is 900. The third kappa shape index (κ3) is 3.14. The van der Waals surface area contributed by atoms with Crippen LogP contribution in [0.5, 0.6) is 5.75 Å². The molecule has 0 bridgehead atoms. The lowest BCUT2D eigenvalue weighted by Crippen LogP contribution is -2.33. The van der Waals surface area contributed by atoms with Gasteiger partial charge in [-0.3, -0.25) is 9.88 Å². The van der Waals surface area contributed by atoms with Gasteiger partial charge in [0.2, 0.25) is 0 Å². The average molecular weight is 404 g/mol. The van der Waals surface area contributed by atoms with Crippen LogP contribution in [0.1, 0.15) is 11.1 Å². The van der Waals surface area contributed by atoms with Crippen molar-refractivity contribution in [1.29, 1.82) is 0 Å². The zero-order chi connectivity index (χ0) is 16.5. The first kappa shape index (κ1) is 15.9. The molecule has 1 aliphatic heterocycles. The van der Waals surface area contributed by atoms with E-state index in [1.807, 2.05) is 24.3 Å². The van der Waals surface area contributed by atoms with Crippen LogP contribution in [0.25, 0.3) is 10.9 Å². The van der Waals surface area contributed by atoms with Gasteiger partial charge in [0.1, 0.15) is 12.2 Å². The highest BCUT2D eigenvalue weighted by Gasteiger charge is 2.21. The SMILES string of the molecule is Clc1cc2c(c3ncccc13)OCN(CCc1cccc(Br)c1)C2. The minimum atomic E-state index is 0.578. The summed E-state index contributed by atoms with van der Waals surface area (Å²) < 4.78 is 7.13. The number of nitrogens with zero attached hydrogens (tertiary/aromatic N) is 2. The van der Waals surface area contributed by atoms with E-state index in [1.165, 1.54) is 5.56 Å². The molecule has 0 saturated carbocycles. The molecule has 0 aliphatic carbocycles. The van der Waals surface area contributed by atoms with Crippen molar-refractivity contribution in [2.45, 2.75) is 13.0 Å². The van der Waals surface area contributed by atoms with E-state index in [-0.39, 0.29) is 0 Å². The van der Waals surface area contributed by atoms with Gasteiger partial charge in [-0.05, 0) is 42.3 Å². The Kier molecular flexibility index (Phi) is 4.44. The molecular formula is C19H16BrClN2O. The molecule has 0 radical (unpaired) electrons. The van der Waals surface area contributed by atoms with Gasteiger partial charge in [-0.25, -0.2) is 0 Å². The highest BCUT2D eigenvalue weighted by Crippen LogP contribution is 2.36. The summed E-state index contributed by atoms with van der Waals surface area (Å²) in [6.07, 6.45) is 2.76. The average Bonchev–Trinajstić information content (AvgIpc) is 2.60. The maximum atomic E-state index is 6.41. The summed E-state index contributed by atoms with van der Waals surface area (Å²) in [5.41, 5.74) is 3.27. The van der Waals surface area contributed by atoms with Crippen LogP contribution < -0.4 is 4.74 Å². The van der Waals surface area contributed by atoms with Crippen LogP contribution in [0, 0.1) is 0 Å². The number of fused-ring (bicyclic) bond motifs is 3. The zero-order valence-corrected chi connectivity index (χ0v) is 15.3. The van der Waals surface area contributed by atoms with E-state index in [2.05, 4.69) is 44.0 Å². The van der Waals surface area contributed by atoms with Crippen molar-refractivity contribution in [1.82, 2.24) is 9.88 Å². The molecule has 1 aliphatic rings. The van der Waals surface area contributed by atoms with Crippen LogP contribution in [0.2, 0.25) is 5.02 Å². The molecule has 3 aromatic rings. The lowest BCUT2D eigenvalue weighted by Gasteiger charge is -2.29. The van der Waals surface area contributed by atoms with Gasteiger partial charge in [-0.2, -0.15) is 0 Å². The van der Waals surface area contributed by atoms with Gasteiger partial charge in [0.25, 0.3) is 0 Å². The normalized spacial score (nSPS) is 14.4. The minimum absolute atomic E-state index is 0.578. The fraction of sp³-hybridized carbons (Fsp3) is 0.211. The molecular weight excluding hydrogens is 388 g/mol. The number of ether oxygens (including phenoxy) is 1. The van der Waals surface area contributed by atoms with E-state index >= 15 is 0 Å². The Morgan fingerprint density at radius 1 is 1.21 bits per heavy atom. The molecule has 2 heterocycles. The summed E-state index contributed by atoms with van der Waals surface area (Å²) in [6, 6.07) is 14.3. The predicted molar refractivity (Wildman–Crippen MR) is 101 cm³/mol. The molecule has 0 N–H and O–H groups in total. The topological polar surface area (TPSA) is 25.4 Å². The molecule has 4 rings (SSSR count). The van der Waals surface area contributed by atoms with Crippen LogP contribution in [-0.2, 0) is 13.0 Å². The summed E-state index contributed by atoms with van der Waals surface area (Å²) in [4.78, 5) is 6.74. The largest absolute Gasteiger partial charge is 0.475 e. The molecule has 24 heavy (non-hydrogen) atoms. The van der Waals surface area contributed by atoms with Crippen LogP contribution in [0.3, 0.4) is 0 Å². The van der Waals surface area contributed by atoms with Gasteiger partial charge in [-0.1, -0.05) is 39.7 Å². The first-order valence-corrected chi connectivity index (χ1v) is 9.03.